The molecule has 2 heterocycles. The Labute approximate surface area is 159 Å². The molecule has 0 saturated carbocycles. The molecule has 0 bridgehead atoms. The molecule has 0 aliphatic carbocycles. The van der Waals surface area contributed by atoms with Crippen molar-refractivity contribution in [2.24, 2.45) is 0 Å². The minimum Gasteiger partial charge on any atom is -0.354 e. The van der Waals surface area contributed by atoms with E-state index in [-0.39, 0.29) is 5.91 Å². The van der Waals surface area contributed by atoms with E-state index in [1.807, 2.05) is 24.3 Å². The molecule has 26 heavy (non-hydrogen) atoms. The second-order valence-corrected chi connectivity index (χ2v) is 6.76. The maximum atomic E-state index is 12.4. The molecule has 0 radical (unpaired) electrons. The number of piperazine rings is 1. The van der Waals surface area contributed by atoms with Crippen molar-refractivity contribution in [1.29, 1.82) is 0 Å². The summed E-state index contributed by atoms with van der Waals surface area (Å²) in [6, 6.07) is 9.43. The molecule has 1 aromatic heterocycles. The first kappa shape index (κ1) is 18.6. The van der Waals surface area contributed by atoms with E-state index in [4.69, 9.17) is 11.6 Å². The van der Waals surface area contributed by atoms with Gasteiger partial charge in [0.25, 0.3) is 5.91 Å². The molecule has 0 atom stereocenters. The van der Waals surface area contributed by atoms with Crippen LogP contribution in [-0.4, -0.2) is 60.0 Å². The third-order valence-electron chi connectivity index (χ3n) is 4.62. The Morgan fingerprint density at radius 3 is 2.73 bits per heavy atom. The van der Waals surface area contributed by atoms with E-state index in [1.165, 1.54) is 6.33 Å². The maximum Gasteiger partial charge on any atom is 0.270 e. The standard InChI is InChI=1S/C19H24ClN5O/c1-2-24-8-10-25(11-9-24)18-13-17(22-14-23-18)19(26)21-7-6-15-4-3-5-16(20)12-15/h3-5,12-14H,2,6-11H2,1H3,(H,21,26). The molecule has 1 saturated heterocycles. The van der Waals surface area contributed by atoms with Gasteiger partial charge in [-0.1, -0.05) is 30.7 Å². The highest BCUT2D eigenvalue weighted by molar-refractivity contribution is 6.30. The fourth-order valence-corrected chi connectivity index (χ4v) is 3.25. The van der Waals surface area contributed by atoms with Gasteiger partial charge >= 0.3 is 0 Å². The molecule has 1 fully saturated rings. The molecule has 1 aromatic carbocycles. The third-order valence-corrected chi connectivity index (χ3v) is 4.85. The summed E-state index contributed by atoms with van der Waals surface area (Å²) in [4.78, 5) is 25.4. The van der Waals surface area contributed by atoms with Crippen molar-refractivity contribution in [3.63, 3.8) is 0 Å². The molecule has 0 unspecified atom stereocenters. The summed E-state index contributed by atoms with van der Waals surface area (Å²) in [7, 11) is 0. The van der Waals surface area contributed by atoms with Gasteiger partial charge in [0, 0.05) is 43.8 Å². The average molecular weight is 374 g/mol. The number of amides is 1. The van der Waals surface area contributed by atoms with Gasteiger partial charge < -0.3 is 15.1 Å². The van der Waals surface area contributed by atoms with E-state index in [0.717, 1.165) is 50.5 Å². The molecule has 3 rings (SSSR count). The van der Waals surface area contributed by atoms with E-state index in [0.29, 0.717) is 17.3 Å². The number of carbonyl (C=O) groups is 1. The number of carbonyl (C=O) groups excluding carboxylic acids is 1. The predicted molar refractivity (Wildman–Crippen MR) is 104 cm³/mol. The van der Waals surface area contributed by atoms with Crippen LogP contribution in [0.2, 0.25) is 5.02 Å². The number of rotatable bonds is 6. The molecule has 1 N–H and O–H groups in total. The fourth-order valence-electron chi connectivity index (χ4n) is 3.04. The van der Waals surface area contributed by atoms with Crippen molar-refractivity contribution < 1.29 is 4.79 Å². The second kappa shape index (κ2) is 8.96. The number of likely N-dealkylation sites (N-methyl/N-ethyl adjacent to an activating group) is 1. The van der Waals surface area contributed by atoms with Crippen LogP contribution >= 0.6 is 11.6 Å². The van der Waals surface area contributed by atoms with Gasteiger partial charge in [0.05, 0.1) is 0 Å². The molecular weight excluding hydrogens is 350 g/mol. The summed E-state index contributed by atoms with van der Waals surface area (Å²) < 4.78 is 0. The van der Waals surface area contributed by atoms with Crippen molar-refractivity contribution in [2.45, 2.75) is 13.3 Å². The topological polar surface area (TPSA) is 61.4 Å². The number of benzene rings is 1. The van der Waals surface area contributed by atoms with Crippen molar-refractivity contribution >= 4 is 23.3 Å². The summed E-state index contributed by atoms with van der Waals surface area (Å²) in [5.41, 5.74) is 1.49. The van der Waals surface area contributed by atoms with Crippen LogP contribution in [0.15, 0.2) is 36.7 Å². The van der Waals surface area contributed by atoms with Gasteiger partial charge in [-0.15, -0.1) is 0 Å². The van der Waals surface area contributed by atoms with E-state index in [9.17, 15) is 4.79 Å². The normalized spacial score (nSPS) is 15.1. The van der Waals surface area contributed by atoms with Gasteiger partial charge in [0.2, 0.25) is 0 Å². The molecule has 138 valence electrons. The Kier molecular flexibility index (Phi) is 6.41. The number of nitrogens with one attached hydrogen (secondary N) is 1. The van der Waals surface area contributed by atoms with Gasteiger partial charge in [-0.25, -0.2) is 9.97 Å². The quantitative estimate of drug-likeness (QED) is 0.841. The van der Waals surface area contributed by atoms with E-state index in [1.54, 1.807) is 6.07 Å². The zero-order valence-corrected chi connectivity index (χ0v) is 15.7. The summed E-state index contributed by atoms with van der Waals surface area (Å²) in [5.74, 6) is 0.638. The monoisotopic (exact) mass is 373 g/mol. The average Bonchev–Trinajstić information content (AvgIpc) is 2.68. The minimum absolute atomic E-state index is 0.178. The molecule has 0 spiro atoms. The summed E-state index contributed by atoms with van der Waals surface area (Å²) >= 11 is 5.98. The molecule has 6 nitrogen and oxygen atoms in total. The van der Waals surface area contributed by atoms with Crippen LogP contribution in [0.3, 0.4) is 0 Å². The lowest BCUT2D eigenvalue weighted by molar-refractivity contribution is 0.0949. The number of hydrogen-bond donors (Lipinski definition) is 1. The van der Waals surface area contributed by atoms with Gasteiger partial charge in [0.15, 0.2) is 0 Å². The van der Waals surface area contributed by atoms with Crippen LogP contribution < -0.4 is 10.2 Å². The van der Waals surface area contributed by atoms with Gasteiger partial charge in [-0.2, -0.15) is 0 Å². The highest BCUT2D eigenvalue weighted by atomic mass is 35.5. The van der Waals surface area contributed by atoms with Crippen LogP contribution in [0.25, 0.3) is 0 Å². The molecule has 1 amide bonds. The Hall–Kier alpha value is -2.18. The summed E-state index contributed by atoms with van der Waals surface area (Å²) in [6.45, 7) is 7.64. The zero-order valence-electron chi connectivity index (χ0n) is 15.0. The minimum atomic E-state index is -0.178. The Morgan fingerprint density at radius 1 is 1.19 bits per heavy atom. The van der Waals surface area contributed by atoms with E-state index < -0.39 is 0 Å². The third kappa shape index (κ3) is 4.93. The van der Waals surface area contributed by atoms with Crippen molar-refractivity contribution in [3.05, 3.63) is 52.9 Å². The number of hydrogen-bond acceptors (Lipinski definition) is 5. The molecule has 7 heteroatoms. The van der Waals surface area contributed by atoms with Crippen molar-refractivity contribution in [1.82, 2.24) is 20.2 Å². The molecular formula is C19H24ClN5O. The highest BCUT2D eigenvalue weighted by Crippen LogP contribution is 2.14. The molecule has 2 aromatic rings. The lowest BCUT2D eigenvalue weighted by Crippen LogP contribution is -2.46. The summed E-state index contributed by atoms with van der Waals surface area (Å²) in [6.07, 6.45) is 2.19. The highest BCUT2D eigenvalue weighted by Gasteiger charge is 2.18. The zero-order chi connectivity index (χ0) is 18.4. The smallest absolute Gasteiger partial charge is 0.270 e. The SMILES string of the molecule is CCN1CCN(c2cc(C(=O)NCCc3cccc(Cl)c3)ncn2)CC1. The number of aromatic nitrogens is 2. The first-order valence-corrected chi connectivity index (χ1v) is 9.35. The van der Waals surface area contributed by atoms with Gasteiger partial charge in [-0.05, 0) is 30.7 Å². The van der Waals surface area contributed by atoms with Crippen LogP contribution in [0.5, 0.6) is 0 Å². The van der Waals surface area contributed by atoms with Crippen molar-refractivity contribution in [2.75, 3.05) is 44.2 Å². The van der Waals surface area contributed by atoms with E-state index in [2.05, 4.69) is 32.0 Å². The molecule has 1 aliphatic rings. The Bertz CT molecular complexity index is 746. The largest absolute Gasteiger partial charge is 0.354 e. The lowest BCUT2D eigenvalue weighted by atomic mass is 10.1. The number of nitrogens with zero attached hydrogens (tertiary/aromatic N) is 4. The number of anilines is 1. The Morgan fingerprint density at radius 2 is 2.00 bits per heavy atom. The van der Waals surface area contributed by atoms with Crippen LogP contribution in [0.1, 0.15) is 23.0 Å². The molecule has 1 aliphatic heterocycles. The van der Waals surface area contributed by atoms with Crippen LogP contribution in [0.4, 0.5) is 5.82 Å². The fraction of sp³-hybridized carbons (Fsp3) is 0.421. The maximum absolute atomic E-state index is 12.4. The van der Waals surface area contributed by atoms with Crippen LogP contribution in [-0.2, 0) is 6.42 Å². The van der Waals surface area contributed by atoms with Crippen molar-refractivity contribution in [3.8, 4) is 0 Å². The van der Waals surface area contributed by atoms with Gasteiger partial charge in [0.1, 0.15) is 17.8 Å². The Balaban J connectivity index is 1.54. The second-order valence-electron chi connectivity index (χ2n) is 6.32. The lowest BCUT2D eigenvalue weighted by Gasteiger charge is -2.34. The van der Waals surface area contributed by atoms with E-state index >= 15 is 0 Å². The first-order valence-electron chi connectivity index (χ1n) is 8.97. The first-order chi connectivity index (χ1) is 12.7. The number of halogens is 1. The van der Waals surface area contributed by atoms with Crippen LogP contribution in [0, 0.1) is 0 Å². The predicted octanol–water partition coefficient (Wildman–Crippen LogP) is 2.24. The summed E-state index contributed by atoms with van der Waals surface area (Å²) in [5, 5.41) is 3.62. The van der Waals surface area contributed by atoms with Gasteiger partial charge in [-0.3, -0.25) is 4.79 Å².